The summed E-state index contributed by atoms with van der Waals surface area (Å²) in [5.41, 5.74) is 9.20. The number of hydrogen-bond acceptors (Lipinski definition) is 2. The molecule has 29 heavy (non-hydrogen) atoms. The van der Waals surface area contributed by atoms with Crippen molar-refractivity contribution in [2.45, 2.75) is 111 Å². The van der Waals surface area contributed by atoms with Crippen molar-refractivity contribution in [3.05, 3.63) is 11.6 Å². The van der Waals surface area contributed by atoms with Crippen LogP contribution in [-0.4, -0.2) is 17.3 Å². The molecule has 3 fully saturated rings. The van der Waals surface area contributed by atoms with E-state index < -0.39 is 0 Å². The molecule has 2 heteroatoms. The molecule has 0 bridgehead atoms. The smallest absolute Gasteiger partial charge is 0.0577 e. The lowest BCUT2D eigenvalue weighted by Crippen LogP contribution is -2.51. The quantitative estimate of drug-likeness (QED) is 0.529. The van der Waals surface area contributed by atoms with Crippen molar-refractivity contribution in [3.8, 4) is 0 Å². The van der Waals surface area contributed by atoms with E-state index in [-0.39, 0.29) is 6.10 Å². The Kier molecular flexibility index (Phi) is 6.01. The summed E-state index contributed by atoms with van der Waals surface area (Å²) in [6.45, 7) is 12.3. The lowest BCUT2D eigenvalue weighted by Gasteiger charge is -2.58. The van der Waals surface area contributed by atoms with Crippen LogP contribution in [-0.2, 0) is 0 Å². The first-order valence-corrected chi connectivity index (χ1v) is 12.8. The summed E-state index contributed by atoms with van der Waals surface area (Å²) in [6, 6.07) is 0.367. The van der Waals surface area contributed by atoms with Crippen molar-refractivity contribution in [1.29, 1.82) is 0 Å². The molecule has 0 heterocycles. The molecule has 3 saturated carbocycles. The van der Waals surface area contributed by atoms with Crippen molar-refractivity contribution in [1.82, 2.24) is 0 Å². The number of aliphatic hydroxyl groups excluding tert-OH is 1. The molecule has 0 aliphatic heterocycles. The predicted octanol–water partition coefficient (Wildman–Crippen LogP) is 6.33. The Bertz CT molecular complexity index is 626. The van der Waals surface area contributed by atoms with Gasteiger partial charge in [-0.3, -0.25) is 0 Å². The Hall–Kier alpha value is -0.340. The van der Waals surface area contributed by atoms with Crippen LogP contribution in [0.1, 0.15) is 98.8 Å². The average Bonchev–Trinajstić information content (AvgIpc) is 3.03. The van der Waals surface area contributed by atoms with Gasteiger partial charge in [-0.15, -0.1) is 0 Å². The van der Waals surface area contributed by atoms with Crippen LogP contribution in [0.3, 0.4) is 0 Å². The van der Waals surface area contributed by atoms with E-state index in [1.54, 1.807) is 5.57 Å². The van der Waals surface area contributed by atoms with E-state index in [1.807, 2.05) is 0 Å². The van der Waals surface area contributed by atoms with Crippen LogP contribution in [0.4, 0.5) is 0 Å². The lowest BCUT2D eigenvalue weighted by atomic mass is 9.47. The molecule has 4 aliphatic rings. The van der Waals surface area contributed by atoms with Crippen LogP contribution in [0, 0.1) is 46.3 Å². The molecular formula is C27H47NO. The summed E-state index contributed by atoms with van der Waals surface area (Å²) >= 11 is 0. The molecule has 0 aromatic carbocycles. The van der Waals surface area contributed by atoms with Gasteiger partial charge in [0.25, 0.3) is 0 Å². The largest absolute Gasteiger partial charge is 0.393 e. The fourth-order valence-corrected chi connectivity index (χ4v) is 8.63. The number of aliphatic hydroxyl groups is 1. The normalized spacial score (nSPS) is 46.5. The maximum atomic E-state index is 10.2. The lowest BCUT2D eigenvalue weighted by molar-refractivity contribution is -0.0584. The number of rotatable bonds is 5. The van der Waals surface area contributed by atoms with E-state index in [0.29, 0.717) is 22.8 Å². The minimum atomic E-state index is -0.0937. The topological polar surface area (TPSA) is 46.2 Å². The Morgan fingerprint density at radius 1 is 1.03 bits per heavy atom. The SMILES string of the molecule is CC(C)CC[C@@H](N)[C@@H](C)C1CCC2C3CC=C4C[C@@H](O)CC[C@]4(C)C3CC[C@@]21C. The first-order valence-electron chi connectivity index (χ1n) is 12.8. The monoisotopic (exact) mass is 401 g/mol. The van der Waals surface area contributed by atoms with E-state index >= 15 is 0 Å². The molecule has 2 nitrogen and oxygen atoms in total. The molecule has 0 amide bonds. The zero-order chi connectivity index (χ0) is 21.0. The van der Waals surface area contributed by atoms with E-state index in [4.69, 9.17) is 5.73 Å². The second-order valence-corrected chi connectivity index (χ2v) is 12.4. The van der Waals surface area contributed by atoms with Gasteiger partial charge in [-0.1, -0.05) is 46.3 Å². The third-order valence-corrected chi connectivity index (χ3v) is 10.5. The van der Waals surface area contributed by atoms with E-state index in [9.17, 15) is 5.11 Å². The molecule has 166 valence electrons. The van der Waals surface area contributed by atoms with Gasteiger partial charge in [-0.2, -0.15) is 0 Å². The molecule has 0 aromatic heterocycles. The van der Waals surface area contributed by atoms with Crippen LogP contribution in [0.2, 0.25) is 0 Å². The summed E-state index contributed by atoms with van der Waals surface area (Å²) in [5, 5.41) is 10.2. The summed E-state index contributed by atoms with van der Waals surface area (Å²) in [4.78, 5) is 0. The summed E-state index contributed by atoms with van der Waals surface area (Å²) in [6.07, 6.45) is 14.9. The van der Waals surface area contributed by atoms with E-state index in [1.165, 1.54) is 51.4 Å². The number of hydrogen-bond donors (Lipinski definition) is 2. The first kappa shape index (κ1) is 21.9. The number of allylic oxidation sites excluding steroid dienone is 1. The van der Waals surface area contributed by atoms with Crippen LogP contribution in [0.15, 0.2) is 11.6 Å². The van der Waals surface area contributed by atoms with Gasteiger partial charge in [0, 0.05) is 6.04 Å². The van der Waals surface area contributed by atoms with Crippen molar-refractivity contribution in [3.63, 3.8) is 0 Å². The van der Waals surface area contributed by atoms with Crippen molar-refractivity contribution in [2.75, 3.05) is 0 Å². The summed E-state index contributed by atoms with van der Waals surface area (Å²) < 4.78 is 0. The van der Waals surface area contributed by atoms with Gasteiger partial charge in [0.1, 0.15) is 0 Å². The van der Waals surface area contributed by atoms with E-state index in [2.05, 4.69) is 40.7 Å². The van der Waals surface area contributed by atoms with Crippen molar-refractivity contribution >= 4 is 0 Å². The second-order valence-electron chi connectivity index (χ2n) is 12.4. The molecule has 0 spiro atoms. The third-order valence-electron chi connectivity index (χ3n) is 10.5. The summed E-state index contributed by atoms with van der Waals surface area (Å²) in [5.74, 6) is 4.80. The summed E-state index contributed by atoms with van der Waals surface area (Å²) in [7, 11) is 0. The highest BCUT2D eigenvalue weighted by Gasteiger charge is 2.59. The average molecular weight is 402 g/mol. The van der Waals surface area contributed by atoms with Gasteiger partial charge < -0.3 is 10.8 Å². The first-order chi connectivity index (χ1) is 13.7. The Morgan fingerprint density at radius 2 is 1.79 bits per heavy atom. The van der Waals surface area contributed by atoms with Crippen LogP contribution >= 0.6 is 0 Å². The van der Waals surface area contributed by atoms with Crippen LogP contribution in [0.5, 0.6) is 0 Å². The minimum Gasteiger partial charge on any atom is -0.393 e. The highest BCUT2D eigenvalue weighted by Crippen LogP contribution is 2.67. The van der Waals surface area contributed by atoms with Gasteiger partial charge in [0.15, 0.2) is 0 Å². The van der Waals surface area contributed by atoms with Gasteiger partial charge in [-0.25, -0.2) is 0 Å². The molecule has 3 N–H and O–H groups in total. The highest BCUT2D eigenvalue weighted by molar-refractivity contribution is 5.25. The maximum absolute atomic E-state index is 10.2. The fourth-order valence-electron chi connectivity index (χ4n) is 8.63. The molecule has 0 radical (unpaired) electrons. The van der Waals surface area contributed by atoms with E-state index in [0.717, 1.165) is 42.4 Å². The van der Waals surface area contributed by atoms with Gasteiger partial charge in [0.05, 0.1) is 6.10 Å². The maximum Gasteiger partial charge on any atom is 0.0577 e. The number of nitrogens with two attached hydrogens (primary N) is 1. The fraction of sp³-hybridized carbons (Fsp3) is 0.926. The van der Waals surface area contributed by atoms with Gasteiger partial charge >= 0.3 is 0 Å². The third kappa shape index (κ3) is 3.65. The number of fused-ring (bicyclic) bond motifs is 5. The Morgan fingerprint density at radius 3 is 2.52 bits per heavy atom. The Balaban J connectivity index is 1.51. The zero-order valence-corrected chi connectivity index (χ0v) is 19.8. The highest BCUT2D eigenvalue weighted by atomic mass is 16.3. The zero-order valence-electron chi connectivity index (χ0n) is 19.8. The molecule has 4 rings (SSSR count). The van der Waals surface area contributed by atoms with Crippen LogP contribution in [0.25, 0.3) is 0 Å². The van der Waals surface area contributed by atoms with Gasteiger partial charge in [0.2, 0.25) is 0 Å². The molecule has 9 atom stereocenters. The minimum absolute atomic E-state index is 0.0937. The molecule has 4 unspecified atom stereocenters. The van der Waals surface area contributed by atoms with Crippen molar-refractivity contribution in [2.24, 2.45) is 52.1 Å². The molecular weight excluding hydrogens is 354 g/mol. The standard InChI is InChI=1S/C27H47NO/c1-17(2)6-11-25(28)18(3)22-9-10-23-21-8-7-19-16-20(29)12-14-26(19,4)24(21)13-15-27(22,23)5/h7,17-18,20-25,29H,6,8-16,28H2,1-5H3/t18-,20-,21?,22?,23?,24?,25+,26-,27+/m0/s1. The Labute approximate surface area is 180 Å². The van der Waals surface area contributed by atoms with Crippen molar-refractivity contribution < 1.29 is 5.11 Å². The molecule has 0 saturated heterocycles. The second kappa shape index (κ2) is 7.97. The molecule has 4 aliphatic carbocycles. The van der Waals surface area contributed by atoms with Crippen LogP contribution < -0.4 is 5.73 Å². The van der Waals surface area contributed by atoms with Gasteiger partial charge in [-0.05, 0) is 111 Å². The predicted molar refractivity (Wildman–Crippen MR) is 122 cm³/mol. The molecule has 0 aromatic rings.